The maximum Gasteiger partial charge on any atom is 0.152 e. The van der Waals surface area contributed by atoms with Crippen molar-refractivity contribution in [1.29, 1.82) is 0 Å². The average molecular weight is 299 g/mol. The molecule has 1 aromatic rings. The Balaban J connectivity index is 1.73. The van der Waals surface area contributed by atoms with E-state index >= 15 is 0 Å². The summed E-state index contributed by atoms with van der Waals surface area (Å²) in [7, 11) is -1.25. The molecule has 1 atom stereocenters. The molecule has 0 amide bonds. The van der Waals surface area contributed by atoms with Crippen LogP contribution in [0.2, 0.25) is 0 Å². The number of rotatable bonds is 6. The lowest BCUT2D eigenvalue weighted by atomic mass is 10.0. The summed E-state index contributed by atoms with van der Waals surface area (Å²) in [6.45, 7) is 3.07. The number of hydrogen-bond donors (Lipinski definition) is 1. The maximum absolute atomic E-state index is 11.5. The van der Waals surface area contributed by atoms with Gasteiger partial charge in [0.1, 0.15) is 18.1 Å². The van der Waals surface area contributed by atoms with Crippen LogP contribution in [0.3, 0.4) is 0 Å². The van der Waals surface area contributed by atoms with Gasteiger partial charge in [-0.15, -0.1) is 0 Å². The largest absolute Gasteiger partial charge is 0.497 e. The standard InChI is InChI=1S/C14H21NO4S/c1-14(7-10-20(16,17)11-14)15-8-9-19-13-5-3-12(18-2)4-6-13/h3-6,15H,7-11H2,1-2H3. The van der Waals surface area contributed by atoms with Gasteiger partial charge < -0.3 is 14.8 Å². The van der Waals surface area contributed by atoms with Gasteiger partial charge in [-0.05, 0) is 37.6 Å². The van der Waals surface area contributed by atoms with Crippen LogP contribution >= 0.6 is 0 Å². The second kappa shape index (κ2) is 6.01. The molecule has 1 aliphatic rings. The molecule has 1 fully saturated rings. The lowest BCUT2D eigenvalue weighted by molar-refractivity contribution is 0.285. The van der Waals surface area contributed by atoms with Crippen LogP contribution in [0.15, 0.2) is 24.3 Å². The van der Waals surface area contributed by atoms with Crippen molar-refractivity contribution in [3.05, 3.63) is 24.3 Å². The lowest BCUT2D eigenvalue weighted by Crippen LogP contribution is -2.45. The summed E-state index contributed by atoms with van der Waals surface area (Å²) < 4.78 is 33.6. The Labute approximate surface area is 120 Å². The summed E-state index contributed by atoms with van der Waals surface area (Å²) in [5.41, 5.74) is -0.317. The predicted octanol–water partition coefficient (Wildman–Crippen LogP) is 1.24. The molecule has 1 aromatic carbocycles. The Hall–Kier alpha value is -1.27. The van der Waals surface area contributed by atoms with Crippen molar-refractivity contribution in [3.8, 4) is 11.5 Å². The van der Waals surface area contributed by atoms with E-state index in [-0.39, 0.29) is 17.0 Å². The first-order valence-electron chi connectivity index (χ1n) is 6.65. The average Bonchev–Trinajstić information content (AvgIpc) is 2.70. The molecule has 0 aromatic heterocycles. The molecule has 5 nitrogen and oxygen atoms in total. The third-order valence-corrected chi connectivity index (χ3v) is 5.39. The van der Waals surface area contributed by atoms with Crippen LogP contribution < -0.4 is 14.8 Å². The van der Waals surface area contributed by atoms with Gasteiger partial charge in [0, 0.05) is 12.1 Å². The molecule has 1 unspecified atom stereocenters. The fourth-order valence-corrected chi connectivity index (χ4v) is 4.47. The number of ether oxygens (including phenoxy) is 2. The predicted molar refractivity (Wildman–Crippen MR) is 78.2 cm³/mol. The van der Waals surface area contributed by atoms with E-state index in [1.54, 1.807) is 7.11 Å². The molecule has 1 saturated heterocycles. The minimum atomic E-state index is -2.87. The minimum absolute atomic E-state index is 0.211. The maximum atomic E-state index is 11.5. The molecular formula is C14H21NO4S. The van der Waals surface area contributed by atoms with Gasteiger partial charge in [0.2, 0.25) is 0 Å². The van der Waals surface area contributed by atoms with Crippen molar-refractivity contribution in [2.24, 2.45) is 0 Å². The number of sulfone groups is 1. The third-order valence-electron chi connectivity index (χ3n) is 3.49. The van der Waals surface area contributed by atoms with Gasteiger partial charge in [0.25, 0.3) is 0 Å². The van der Waals surface area contributed by atoms with E-state index in [0.29, 0.717) is 19.6 Å². The van der Waals surface area contributed by atoms with Crippen LogP contribution in [0, 0.1) is 0 Å². The molecule has 0 bridgehead atoms. The van der Waals surface area contributed by atoms with E-state index < -0.39 is 9.84 Å². The van der Waals surface area contributed by atoms with E-state index in [0.717, 1.165) is 11.5 Å². The minimum Gasteiger partial charge on any atom is -0.497 e. The van der Waals surface area contributed by atoms with Gasteiger partial charge in [0.05, 0.1) is 18.6 Å². The van der Waals surface area contributed by atoms with Crippen LogP contribution in [0.4, 0.5) is 0 Å². The Kier molecular flexibility index (Phi) is 4.55. The summed E-state index contributed by atoms with van der Waals surface area (Å²) in [6.07, 6.45) is 0.665. The summed E-state index contributed by atoms with van der Waals surface area (Å²) in [5.74, 6) is 2.05. The fourth-order valence-electron chi connectivity index (χ4n) is 2.34. The quantitative estimate of drug-likeness (QED) is 0.801. The highest BCUT2D eigenvalue weighted by molar-refractivity contribution is 7.91. The van der Waals surface area contributed by atoms with Crippen molar-refractivity contribution in [1.82, 2.24) is 5.32 Å². The second-order valence-corrected chi connectivity index (χ2v) is 7.54. The summed E-state index contributed by atoms with van der Waals surface area (Å²) >= 11 is 0. The van der Waals surface area contributed by atoms with Gasteiger partial charge >= 0.3 is 0 Å². The highest BCUT2D eigenvalue weighted by Gasteiger charge is 2.37. The van der Waals surface area contributed by atoms with E-state index in [2.05, 4.69) is 5.32 Å². The highest BCUT2D eigenvalue weighted by atomic mass is 32.2. The second-order valence-electron chi connectivity index (χ2n) is 5.35. The van der Waals surface area contributed by atoms with Gasteiger partial charge in [-0.25, -0.2) is 8.42 Å². The van der Waals surface area contributed by atoms with E-state index in [1.165, 1.54) is 0 Å². The smallest absolute Gasteiger partial charge is 0.152 e. The fraction of sp³-hybridized carbons (Fsp3) is 0.571. The van der Waals surface area contributed by atoms with Crippen LogP contribution in [0.1, 0.15) is 13.3 Å². The van der Waals surface area contributed by atoms with Crippen molar-refractivity contribution in [2.75, 3.05) is 31.8 Å². The van der Waals surface area contributed by atoms with E-state index in [4.69, 9.17) is 9.47 Å². The summed E-state index contributed by atoms with van der Waals surface area (Å²) in [6, 6.07) is 7.38. The van der Waals surface area contributed by atoms with Crippen molar-refractivity contribution in [2.45, 2.75) is 18.9 Å². The molecule has 0 spiro atoms. The van der Waals surface area contributed by atoms with E-state index in [1.807, 2.05) is 31.2 Å². The van der Waals surface area contributed by atoms with Crippen LogP contribution in [-0.4, -0.2) is 45.7 Å². The van der Waals surface area contributed by atoms with E-state index in [9.17, 15) is 8.42 Å². The van der Waals surface area contributed by atoms with Crippen molar-refractivity contribution < 1.29 is 17.9 Å². The summed E-state index contributed by atoms with van der Waals surface area (Å²) in [5, 5.41) is 3.28. The molecule has 0 aliphatic carbocycles. The van der Waals surface area contributed by atoms with Gasteiger partial charge in [0.15, 0.2) is 9.84 Å². The molecule has 0 saturated carbocycles. The van der Waals surface area contributed by atoms with Crippen molar-refractivity contribution in [3.63, 3.8) is 0 Å². The molecule has 6 heteroatoms. The SMILES string of the molecule is COc1ccc(OCCNC2(C)CCS(=O)(=O)C2)cc1. The number of nitrogens with one attached hydrogen (secondary N) is 1. The van der Waals surface area contributed by atoms with Gasteiger partial charge in [-0.3, -0.25) is 0 Å². The number of methoxy groups -OCH3 is 1. The molecule has 1 N–H and O–H groups in total. The molecule has 20 heavy (non-hydrogen) atoms. The molecule has 1 heterocycles. The van der Waals surface area contributed by atoms with Crippen LogP contribution in [0.5, 0.6) is 11.5 Å². The normalized spacial score (nSPS) is 24.5. The first-order valence-corrected chi connectivity index (χ1v) is 8.47. The van der Waals surface area contributed by atoms with Crippen molar-refractivity contribution >= 4 is 9.84 Å². The van der Waals surface area contributed by atoms with Crippen LogP contribution in [0.25, 0.3) is 0 Å². The zero-order chi connectivity index (χ0) is 14.6. The zero-order valence-corrected chi connectivity index (χ0v) is 12.7. The Morgan fingerprint density at radius 1 is 1.25 bits per heavy atom. The highest BCUT2D eigenvalue weighted by Crippen LogP contribution is 2.22. The van der Waals surface area contributed by atoms with Gasteiger partial charge in [-0.2, -0.15) is 0 Å². The van der Waals surface area contributed by atoms with Gasteiger partial charge in [-0.1, -0.05) is 0 Å². The topological polar surface area (TPSA) is 64.6 Å². The first-order chi connectivity index (χ1) is 9.42. The number of hydrogen-bond acceptors (Lipinski definition) is 5. The molecule has 2 rings (SSSR count). The Morgan fingerprint density at radius 2 is 1.90 bits per heavy atom. The molecular weight excluding hydrogens is 278 g/mol. The third kappa shape index (κ3) is 4.11. The Morgan fingerprint density at radius 3 is 2.45 bits per heavy atom. The first kappa shape index (κ1) is 15.1. The monoisotopic (exact) mass is 299 g/mol. The lowest BCUT2D eigenvalue weighted by Gasteiger charge is -2.23. The number of benzene rings is 1. The Bertz CT molecular complexity index is 541. The molecule has 112 valence electrons. The van der Waals surface area contributed by atoms with Crippen LogP contribution in [-0.2, 0) is 9.84 Å². The summed E-state index contributed by atoms with van der Waals surface area (Å²) in [4.78, 5) is 0. The molecule has 0 radical (unpaired) electrons. The molecule has 1 aliphatic heterocycles. The zero-order valence-electron chi connectivity index (χ0n) is 11.9.